The van der Waals surface area contributed by atoms with Crippen molar-refractivity contribution in [3.05, 3.63) is 22.5 Å². The van der Waals surface area contributed by atoms with E-state index < -0.39 is 18.0 Å². The van der Waals surface area contributed by atoms with Gasteiger partial charge in [0.1, 0.15) is 12.2 Å². The number of amides is 2. The van der Waals surface area contributed by atoms with Gasteiger partial charge in [-0.3, -0.25) is 0 Å². The maximum absolute atomic E-state index is 12.0. The molecule has 10 heteroatoms. The highest BCUT2D eigenvalue weighted by Gasteiger charge is 2.26. The molecule has 0 fully saturated rings. The molecule has 1 aromatic heterocycles. The lowest BCUT2D eigenvalue weighted by Crippen LogP contribution is -2.45. The molecular formula is C13H16N4O6. The molecule has 0 aliphatic carbocycles. The lowest BCUT2D eigenvalue weighted by atomic mass is 10.1. The van der Waals surface area contributed by atoms with Gasteiger partial charge in [0, 0.05) is 0 Å². The van der Waals surface area contributed by atoms with E-state index in [-0.39, 0.29) is 48.2 Å². The van der Waals surface area contributed by atoms with Gasteiger partial charge in [0.05, 0.1) is 30.1 Å². The lowest BCUT2D eigenvalue weighted by Gasteiger charge is -2.21. The fourth-order valence-corrected chi connectivity index (χ4v) is 1.91. The molecule has 23 heavy (non-hydrogen) atoms. The van der Waals surface area contributed by atoms with Gasteiger partial charge in [-0.1, -0.05) is 5.16 Å². The summed E-state index contributed by atoms with van der Waals surface area (Å²) in [5, 5.41) is 8.40. The van der Waals surface area contributed by atoms with E-state index in [0.29, 0.717) is 0 Å². The van der Waals surface area contributed by atoms with Crippen LogP contribution in [0, 0.1) is 6.92 Å². The number of hydrogen-bond donors (Lipinski definition) is 3. The molecule has 4 N–H and O–H groups in total. The number of urea groups is 1. The summed E-state index contributed by atoms with van der Waals surface area (Å²) in [6, 6.07) is -0.509. The molecular weight excluding hydrogens is 308 g/mol. The van der Waals surface area contributed by atoms with Gasteiger partial charge in [0.15, 0.2) is 0 Å². The van der Waals surface area contributed by atoms with E-state index in [1.165, 1.54) is 6.92 Å². The van der Waals surface area contributed by atoms with E-state index in [0.717, 1.165) is 0 Å². The summed E-state index contributed by atoms with van der Waals surface area (Å²) in [4.78, 5) is 35.2. The van der Waals surface area contributed by atoms with Crippen LogP contribution in [0.25, 0.3) is 0 Å². The highest BCUT2D eigenvalue weighted by atomic mass is 16.5. The Kier molecular flexibility index (Phi) is 4.84. The summed E-state index contributed by atoms with van der Waals surface area (Å²) in [7, 11) is 0. The van der Waals surface area contributed by atoms with Crippen LogP contribution in [0.2, 0.25) is 0 Å². The average molecular weight is 324 g/mol. The van der Waals surface area contributed by atoms with Crippen molar-refractivity contribution < 1.29 is 28.4 Å². The van der Waals surface area contributed by atoms with Crippen LogP contribution in [0.1, 0.15) is 23.0 Å². The molecule has 2 rings (SSSR count). The maximum atomic E-state index is 12.0. The molecule has 0 saturated carbocycles. The second kappa shape index (κ2) is 6.81. The van der Waals surface area contributed by atoms with E-state index in [4.69, 9.17) is 15.2 Å². The van der Waals surface area contributed by atoms with Crippen LogP contribution in [0.3, 0.4) is 0 Å². The Balaban J connectivity index is 2.13. The number of nitrogens with two attached hydrogens (primary N) is 1. The molecule has 2 heterocycles. The summed E-state index contributed by atoms with van der Waals surface area (Å²) in [6.07, 6.45) is 0. The van der Waals surface area contributed by atoms with Crippen LogP contribution in [0.5, 0.6) is 0 Å². The van der Waals surface area contributed by atoms with E-state index in [9.17, 15) is 14.4 Å². The molecule has 0 saturated heterocycles. The van der Waals surface area contributed by atoms with Crippen molar-refractivity contribution in [2.45, 2.75) is 13.8 Å². The Hall–Kier alpha value is -3.04. The summed E-state index contributed by atoms with van der Waals surface area (Å²) >= 11 is 0. The summed E-state index contributed by atoms with van der Waals surface area (Å²) < 4.78 is 14.6. The van der Waals surface area contributed by atoms with Crippen LogP contribution >= 0.6 is 0 Å². The Labute approximate surface area is 131 Å². The topological polar surface area (TPSA) is 146 Å². The standard InChI is InChI=1S/C13H16N4O6/c1-3-21-11(18)7-4-15-13(20)16-8(7)5-22-12(19)9-6(2)17-23-10(9)14/h3-5,14H2,1-2H3,(H2,15,16,20). The zero-order valence-electron chi connectivity index (χ0n) is 12.6. The third-order valence-corrected chi connectivity index (χ3v) is 3.02. The second-order valence-corrected chi connectivity index (χ2v) is 4.57. The number of nitrogens with one attached hydrogen (secondary N) is 2. The maximum Gasteiger partial charge on any atom is 0.346 e. The third kappa shape index (κ3) is 3.59. The summed E-state index contributed by atoms with van der Waals surface area (Å²) in [5.74, 6) is -1.54. The fraction of sp³-hybridized carbons (Fsp3) is 0.385. The first kappa shape index (κ1) is 16.3. The van der Waals surface area contributed by atoms with Gasteiger partial charge in [-0.25, -0.2) is 14.4 Å². The van der Waals surface area contributed by atoms with Crippen molar-refractivity contribution in [2.24, 2.45) is 0 Å². The van der Waals surface area contributed by atoms with Crippen molar-refractivity contribution >= 4 is 23.9 Å². The monoisotopic (exact) mass is 324 g/mol. The number of anilines is 1. The van der Waals surface area contributed by atoms with Crippen LogP contribution in [0.4, 0.5) is 10.7 Å². The fourth-order valence-electron chi connectivity index (χ4n) is 1.91. The highest BCUT2D eigenvalue weighted by Crippen LogP contribution is 2.17. The predicted octanol–water partition coefficient (Wildman–Crippen LogP) is -0.148. The number of nitrogens with zero attached hydrogens (tertiary/aromatic N) is 1. The summed E-state index contributed by atoms with van der Waals surface area (Å²) in [5.41, 5.74) is 6.10. The molecule has 0 aromatic carbocycles. The molecule has 124 valence electrons. The first-order valence-electron chi connectivity index (χ1n) is 6.76. The molecule has 0 radical (unpaired) electrons. The Morgan fingerprint density at radius 2 is 2.09 bits per heavy atom. The van der Waals surface area contributed by atoms with Crippen molar-refractivity contribution in [1.82, 2.24) is 15.8 Å². The highest BCUT2D eigenvalue weighted by molar-refractivity contribution is 5.96. The van der Waals surface area contributed by atoms with E-state index in [2.05, 4.69) is 20.3 Å². The largest absolute Gasteiger partial charge is 0.463 e. The van der Waals surface area contributed by atoms with Crippen LogP contribution in [-0.2, 0) is 14.3 Å². The smallest absolute Gasteiger partial charge is 0.346 e. The van der Waals surface area contributed by atoms with Gasteiger partial charge in [-0.2, -0.15) is 0 Å². The number of nitrogen functional groups attached to an aromatic ring is 1. The van der Waals surface area contributed by atoms with Crippen LogP contribution < -0.4 is 16.4 Å². The minimum Gasteiger partial charge on any atom is -0.463 e. The molecule has 0 unspecified atom stereocenters. The zero-order chi connectivity index (χ0) is 17.0. The van der Waals surface area contributed by atoms with E-state index >= 15 is 0 Å². The molecule has 1 aromatic rings. The molecule has 10 nitrogen and oxygen atoms in total. The number of esters is 2. The van der Waals surface area contributed by atoms with Crippen molar-refractivity contribution in [3.63, 3.8) is 0 Å². The zero-order valence-corrected chi connectivity index (χ0v) is 12.6. The molecule has 1 aliphatic rings. The summed E-state index contributed by atoms with van der Waals surface area (Å²) in [6.45, 7) is 3.02. The normalized spacial score (nSPS) is 14.1. The van der Waals surface area contributed by atoms with Crippen LogP contribution in [0.15, 0.2) is 15.8 Å². The number of carbonyl (C=O) groups is 3. The van der Waals surface area contributed by atoms with E-state index in [1.807, 2.05) is 0 Å². The number of aryl methyl sites for hydroxylation is 1. The number of ether oxygens (including phenoxy) is 2. The number of rotatable bonds is 5. The van der Waals surface area contributed by atoms with Gasteiger partial charge >= 0.3 is 18.0 Å². The van der Waals surface area contributed by atoms with Gasteiger partial charge in [-0.05, 0) is 13.8 Å². The van der Waals surface area contributed by atoms with Gasteiger partial charge in [0.2, 0.25) is 5.88 Å². The Morgan fingerprint density at radius 1 is 1.35 bits per heavy atom. The third-order valence-electron chi connectivity index (χ3n) is 3.02. The molecule has 0 spiro atoms. The number of aromatic nitrogens is 1. The SMILES string of the molecule is CCOC(=O)C1=C(COC(=O)c2c(C)noc2N)NC(=O)NC1. The first-order chi connectivity index (χ1) is 10.9. The molecule has 0 atom stereocenters. The number of hydrogen-bond acceptors (Lipinski definition) is 8. The minimum atomic E-state index is -0.773. The van der Waals surface area contributed by atoms with E-state index in [1.54, 1.807) is 6.92 Å². The predicted molar refractivity (Wildman–Crippen MR) is 76.1 cm³/mol. The van der Waals surface area contributed by atoms with Crippen molar-refractivity contribution in [3.8, 4) is 0 Å². The molecule has 0 bridgehead atoms. The lowest BCUT2D eigenvalue weighted by molar-refractivity contribution is -0.138. The Bertz CT molecular complexity index is 659. The molecule has 2 amide bonds. The second-order valence-electron chi connectivity index (χ2n) is 4.57. The minimum absolute atomic E-state index is 0.00328. The quantitative estimate of drug-likeness (QED) is 0.634. The van der Waals surface area contributed by atoms with Gasteiger partial charge in [-0.15, -0.1) is 0 Å². The van der Waals surface area contributed by atoms with Crippen molar-refractivity contribution in [2.75, 3.05) is 25.5 Å². The molecule has 1 aliphatic heterocycles. The van der Waals surface area contributed by atoms with Crippen molar-refractivity contribution in [1.29, 1.82) is 0 Å². The van der Waals surface area contributed by atoms with Gasteiger partial charge < -0.3 is 30.4 Å². The Morgan fingerprint density at radius 3 is 2.70 bits per heavy atom. The average Bonchev–Trinajstić information content (AvgIpc) is 2.84. The van der Waals surface area contributed by atoms with Crippen LogP contribution in [-0.4, -0.2) is 42.9 Å². The van der Waals surface area contributed by atoms with Gasteiger partial charge in [0.25, 0.3) is 0 Å². The number of carbonyl (C=O) groups excluding carboxylic acids is 3. The first-order valence-corrected chi connectivity index (χ1v) is 6.76.